The third kappa shape index (κ3) is 2.03. The van der Waals surface area contributed by atoms with Crippen LogP contribution in [0.2, 0.25) is 0 Å². The van der Waals surface area contributed by atoms with Gasteiger partial charge in [0.1, 0.15) is 0 Å². The number of benzene rings is 1. The Morgan fingerprint density at radius 2 is 2.28 bits per heavy atom. The SMILES string of the molecule is CC1(C)CN(c2cc3[nH]ncc3cc2N)CCS1. The molecule has 0 aliphatic carbocycles. The van der Waals surface area contributed by atoms with Crippen molar-refractivity contribution in [3.8, 4) is 0 Å². The van der Waals surface area contributed by atoms with Gasteiger partial charge in [0.25, 0.3) is 0 Å². The Morgan fingerprint density at radius 3 is 3.06 bits per heavy atom. The zero-order valence-corrected chi connectivity index (χ0v) is 11.5. The van der Waals surface area contributed by atoms with Gasteiger partial charge < -0.3 is 10.6 Å². The lowest BCUT2D eigenvalue weighted by atomic mass is 10.1. The van der Waals surface area contributed by atoms with Gasteiger partial charge in [-0.1, -0.05) is 0 Å². The van der Waals surface area contributed by atoms with Crippen LogP contribution in [0.4, 0.5) is 11.4 Å². The first kappa shape index (κ1) is 11.7. The topological polar surface area (TPSA) is 57.9 Å². The zero-order chi connectivity index (χ0) is 12.8. The van der Waals surface area contributed by atoms with Gasteiger partial charge in [0.15, 0.2) is 0 Å². The van der Waals surface area contributed by atoms with Gasteiger partial charge in [-0.2, -0.15) is 16.9 Å². The van der Waals surface area contributed by atoms with Crippen molar-refractivity contribution in [2.75, 3.05) is 29.5 Å². The first-order valence-electron chi connectivity index (χ1n) is 6.17. The van der Waals surface area contributed by atoms with Gasteiger partial charge in [-0.05, 0) is 26.0 Å². The second-order valence-electron chi connectivity index (χ2n) is 5.40. The van der Waals surface area contributed by atoms with Gasteiger partial charge >= 0.3 is 0 Å². The molecule has 2 aromatic rings. The van der Waals surface area contributed by atoms with Gasteiger partial charge in [0.2, 0.25) is 0 Å². The molecule has 0 spiro atoms. The molecular formula is C13H18N4S. The highest BCUT2D eigenvalue weighted by Gasteiger charge is 2.28. The van der Waals surface area contributed by atoms with Crippen molar-refractivity contribution in [3.63, 3.8) is 0 Å². The maximum Gasteiger partial charge on any atom is 0.0672 e. The standard InChI is InChI=1S/C13H18N4S/c1-13(2)8-17(3-4-18-13)12-6-11-9(5-10(12)14)7-15-16-11/h5-7H,3-4,8,14H2,1-2H3,(H,15,16). The molecule has 3 N–H and O–H groups in total. The van der Waals surface area contributed by atoms with E-state index in [1.165, 1.54) is 0 Å². The third-order valence-corrected chi connectivity index (χ3v) is 4.65. The molecule has 4 nitrogen and oxygen atoms in total. The Bertz CT molecular complexity index is 575. The lowest BCUT2D eigenvalue weighted by Gasteiger charge is -2.39. The minimum atomic E-state index is 0.285. The number of anilines is 2. The predicted molar refractivity (Wildman–Crippen MR) is 79.3 cm³/mol. The summed E-state index contributed by atoms with van der Waals surface area (Å²) in [7, 11) is 0. The molecule has 5 heteroatoms. The van der Waals surface area contributed by atoms with E-state index in [1.807, 2.05) is 24.0 Å². The van der Waals surface area contributed by atoms with E-state index >= 15 is 0 Å². The summed E-state index contributed by atoms with van der Waals surface area (Å²) in [5.74, 6) is 1.15. The molecular weight excluding hydrogens is 244 g/mol. The highest BCUT2D eigenvalue weighted by Crippen LogP contribution is 2.35. The summed E-state index contributed by atoms with van der Waals surface area (Å²) in [6, 6.07) is 4.12. The van der Waals surface area contributed by atoms with Crippen molar-refractivity contribution in [1.82, 2.24) is 10.2 Å². The maximum absolute atomic E-state index is 6.18. The lowest BCUT2D eigenvalue weighted by molar-refractivity contribution is 0.648. The number of H-pyrrole nitrogens is 1. The van der Waals surface area contributed by atoms with E-state index in [9.17, 15) is 0 Å². The van der Waals surface area contributed by atoms with Crippen LogP contribution in [0.3, 0.4) is 0 Å². The van der Waals surface area contributed by atoms with Crippen LogP contribution in [0.1, 0.15) is 13.8 Å². The summed E-state index contributed by atoms with van der Waals surface area (Å²) in [6.45, 7) is 6.66. The second-order valence-corrected chi connectivity index (χ2v) is 7.20. The molecule has 0 saturated carbocycles. The predicted octanol–water partition coefficient (Wildman–Crippen LogP) is 2.48. The molecule has 0 atom stereocenters. The number of nitrogens with zero attached hydrogens (tertiary/aromatic N) is 2. The quantitative estimate of drug-likeness (QED) is 0.775. The Morgan fingerprint density at radius 1 is 1.44 bits per heavy atom. The molecule has 1 fully saturated rings. The summed E-state index contributed by atoms with van der Waals surface area (Å²) in [5.41, 5.74) is 9.19. The number of aromatic nitrogens is 2. The van der Waals surface area contributed by atoms with E-state index in [1.54, 1.807) is 0 Å². The van der Waals surface area contributed by atoms with Crippen molar-refractivity contribution in [1.29, 1.82) is 0 Å². The van der Waals surface area contributed by atoms with Crippen molar-refractivity contribution in [2.45, 2.75) is 18.6 Å². The summed E-state index contributed by atoms with van der Waals surface area (Å²) >= 11 is 2.03. The Hall–Kier alpha value is -1.36. The Balaban J connectivity index is 2.00. The van der Waals surface area contributed by atoms with E-state index in [0.717, 1.165) is 41.1 Å². The van der Waals surface area contributed by atoms with Gasteiger partial charge in [0.05, 0.1) is 23.1 Å². The molecule has 1 aliphatic rings. The van der Waals surface area contributed by atoms with Crippen molar-refractivity contribution in [2.24, 2.45) is 0 Å². The number of nitrogen functional groups attached to an aromatic ring is 1. The molecule has 0 bridgehead atoms. The van der Waals surface area contributed by atoms with Crippen LogP contribution in [-0.2, 0) is 0 Å². The van der Waals surface area contributed by atoms with E-state index in [2.05, 4.69) is 35.0 Å². The average molecular weight is 262 g/mol. The molecule has 1 aromatic heterocycles. The average Bonchev–Trinajstić information content (AvgIpc) is 2.73. The normalized spacial score (nSPS) is 19.3. The van der Waals surface area contributed by atoms with E-state index in [0.29, 0.717) is 0 Å². The van der Waals surface area contributed by atoms with Gasteiger partial charge in [-0.25, -0.2) is 0 Å². The molecule has 18 heavy (non-hydrogen) atoms. The molecule has 1 aliphatic heterocycles. The lowest BCUT2D eigenvalue weighted by Crippen LogP contribution is -2.43. The Kier molecular flexibility index (Phi) is 2.66. The molecule has 2 heterocycles. The smallest absolute Gasteiger partial charge is 0.0672 e. The summed E-state index contributed by atoms with van der Waals surface area (Å²) in [6.07, 6.45) is 1.81. The highest BCUT2D eigenvalue weighted by atomic mass is 32.2. The summed E-state index contributed by atoms with van der Waals surface area (Å²) in [4.78, 5) is 2.38. The number of aromatic amines is 1. The third-order valence-electron chi connectivity index (χ3n) is 3.35. The molecule has 0 amide bonds. The van der Waals surface area contributed by atoms with Gasteiger partial charge in [0, 0.05) is 29.0 Å². The van der Waals surface area contributed by atoms with Crippen LogP contribution in [0.15, 0.2) is 18.3 Å². The maximum atomic E-state index is 6.18. The van der Waals surface area contributed by atoms with Crippen molar-refractivity contribution < 1.29 is 0 Å². The van der Waals surface area contributed by atoms with E-state index in [-0.39, 0.29) is 4.75 Å². The van der Waals surface area contributed by atoms with E-state index in [4.69, 9.17) is 5.73 Å². The molecule has 0 radical (unpaired) electrons. The fraction of sp³-hybridized carbons (Fsp3) is 0.462. The van der Waals surface area contributed by atoms with Crippen LogP contribution in [0.5, 0.6) is 0 Å². The number of nitrogens with two attached hydrogens (primary N) is 1. The van der Waals surface area contributed by atoms with Crippen LogP contribution in [0, 0.1) is 0 Å². The largest absolute Gasteiger partial charge is 0.397 e. The van der Waals surface area contributed by atoms with Crippen molar-refractivity contribution in [3.05, 3.63) is 18.3 Å². The Labute approximate surface area is 111 Å². The van der Waals surface area contributed by atoms with Gasteiger partial charge in [-0.3, -0.25) is 5.10 Å². The fourth-order valence-corrected chi connectivity index (χ4v) is 3.60. The first-order valence-corrected chi connectivity index (χ1v) is 7.15. The summed E-state index contributed by atoms with van der Waals surface area (Å²) in [5, 5.41) is 8.13. The van der Waals surface area contributed by atoms with E-state index < -0.39 is 0 Å². The van der Waals surface area contributed by atoms with Crippen LogP contribution in [0.25, 0.3) is 10.9 Å². The first-order chi connectivity index (χ1) is 8.55. The minimum Gasteiger partial charge on any atom is -0.397 e. The number of nitrogens with one attached hydrogen (secondary N) is 1. The number of fused-ring (bicyclic) bond motifs is 1. The molecule has 1 saturated heterocycles. The van der Waals surface area contributed by atoms with Gasteiger partial charge in [-0.15, -0.1) is 0 Å². The highest BCUT2D eigenvalue weighted by molar-refractivity contribution is 8.00. The summed E-state index contributed by atoms with van der Waals surface area (Å²) < 4.78 is 0.285. The molecule has 3 rings (SSSR count). The second kappa shape index (κ2) is 4.09. The number of hydrogen-bond donors (Lipinski definition) is 2. The molecule has 96 valence electrons. The molecule has 1 aromatic carbocycles. The number of hydrogen-bond acceptors (Lipinski definition) is 4. The van der Waals surface area contributed by atoms with Crippen LogP contribution in [-0.4, -0.2) is 33.8 Å². The van der Waals surface area contributed by atoms with Crippen molar-refractivity contribution >= 4 is 34.0 Å². The zero-order valence-electron chi connectivity index (χ0n) is 10.7. The minimum absolute atomic E-state index is 0.285. The van der Waals surface area contributed by atoms with Crippen LogP contribution >= 0.6 is 11.8 Å². The molecule has 0 unspecified atom stereocenters. The number of thioether (sulfide) groups is 1. The fourth-order valence-electron chi connectivity index (χ4n) is 2.49. The monoisotopic (exact) mass is 262 g/mol. The van der Waals surface area contributed by atoms with Crippen LogP contribution < -0.4 is 10.6 Å². The number of rotatable bonds is 1.